The van der Waals surface area contributed by atoms with E-state index in [1.807, 2.05) is 6.08 Å². The van der Waals surface area contributed by atoms with E-state index in [-0.39, 0.29) is 12.3 Å². The van der Waals surface area contributed by atoms with Gasteiger partial charge in [0, 0.05) is 20.3 Å². The zero-order valence-corrected chi connectivity index (χ0v) is 74.0. The van der Waals surface area contributed by atoms with E-state index in [4.69, 9.17) is 66.3 Å². The van der Waals surface area contributed by atoms with Crippen LogP contribution in [-0.4, -0.2) is 393 Å². The maximum absolute atomic E-state index is 13.7. The van der Waals surface area contributed by atoms with Crippen molar-refractivity contribution in [3.05, 3.63) is 12.2 Å². The van der Waals surface area contributed by atoms with E-state index in [0.717, 1.165) is 71.6 Å². The van der Waals surface area contributed by atoms with Crippen molar-refractivity contribution in [1.29, 1.82) is 0 Å². The van der Waals surface area contributed by atoms with Crippen molar-refractivity contribution in [2.24, 2.45) is 0 Å². The molecule has 3 amide bonds. The minimum atomic E-state index is -2.47. The number of amides is 3. The third kappa shape index (κ3) is 32.8. The molecule has 37 atom stereocenters. The van der Waals surface area contributed by atoms with Gasteiger partial charge in [0.15, 0.2) is 44.0 Å². The molecular formula is C86H155N3O37. The molecule has 0 aromatic rings. The van der Waals surface area contributed by atoms with Crippen molar-refractivity contribution < 1.29 is 183 Å². The predicted octanol–water partition coefficient (Wildman–Crippen LogP) is -2.01. The molecule has 7 aliphatic rings. The molecule has 7 heterocycles. The first-order valence-corrected chi connectivity index (χ1v) is 46.3. The highest BCUT2D eigenvalue weighted by molar-refractivity contribution is 5.76. The third-order valence-corrected chi connectivity index (χ3v) is 24.8. The van der Waals surface area contributed by atoms with Crippen LogP contribution >= 0.6 is 0 Å². The van der Waals surface area contributed by atoms with Gasteiger partial charge in [-0.15, -0.1) is 0 Å². The Bertz CT molecular complexity index is 2990. The second-order valence-electron chi connectivity index (χ2n) is 34.9. The summed E-state index contributed by atoms with van der Waals surface area (Å²) in [6.07, 6.45) is -28.4. The van der Waals surface area contributed by atoms with Crippen LogP contribution < -0.4 is 16.0 Å². The normalized spacial score (nSPS) is 38.1. The number of unbranched alkanes of at least 4 members (excludes halogenated alkanes) is 29. The lowest BCUT2D eigenvalue weighted by Crippen LogP contribution is -2.71. The molecular weight excluding hydrogens is 1670 g/mol. The number of carbonyl (C=O) groups excluding carboxylic acids is 3. The molecule has 0 aromatic carbocycles. The fourth-order valence-electron chi connectivity index (χ4n) is 17.2. The SMILES string of the molecule is CCCCCCCCCCCCC/C=C/[C@@H](O)[C@H](CO[C@@H]1OC(CO)[C@@H](O[C@@H]2OC(CO)[C@H](O[C@@H]3OC(CO)[C@H](O)[C@H](O)C3NC(C)=O)[C@H](O[C@H]3OC(CO)[C@H](O)[C@H](O[C@@H]4OC(CO)[C@@H](O[C@@H]5OC(CO)[C@H](O)[C@H](O)C5O)[C@H](O[C@H]5OC(C)[C@@H](O)C(O)[C@@H]5O)C4NC(C)=O)C3O)C2O)[C@H](O)C1O)NC(=O)CCCCCCCCCCCCCCCCCCCCC. The van der Waals surface area contributed by atoms with Crippen molar-refractivity contribution in [3.63, 3.8) is 0 Å². The van der Waals surface area contributed by atoms with E-state index in [0.29, 0.717) is 12.8 Å². The molecule has 7 saturated heterocycles. The van der Waals surface area contributed by atoms with E-state index in [9.17, 15) is 117 Å². The van der Waals surface area contributed by atoms with E-state index in [1.54, 1.807) is 6.08 Å². The minimum Gasteiger partial charge on any atom is -0.394 e. The van der Waals surface area contributed by atoms with Gasteiger partial charge >= 0.3 is 0 Å². The van der Waals surface area contributed by atoms with Crippen LogP contribution in [0.15, 0.2) is 12.2 Å². The summed E-state index contributed by atoms with van der Waals surface area (Å²) in [6, 6.07) is -4.83. The molecule has 0 aliphatic carbocycles. The fourth-order valence-corrected chi connectivity index (χ4v) is 17.2. The Morgan fingerprint density at radius 2 is 0.659 bits per heavy atom. The van der Waals surface area contributed by atoms with Crippen LogP contribution in [0, 0.1) is 0 Å². The number of aliphatic hydroxyl groups excluding tert-OH is 20. The first kappa shape index (κ1) is 110. The summed E-state index contributed by atoms with van der Waals surface area (Å²) in [6.45, 7) is 0.751. The lowest BCUT2D eigenvalue weighted by Gasteiger charge is -2.52. The lowest BCUT2D eigenvalue weighted by molar-refractivity contribution is -0.404. The zero-order chi connectivity index (χ0) is 92.1. The third-order valence-electron chi connectivity index (χ3n) is 24.8. The van der Waals surface area contributed by atoms with E-state index in [2.05, 4.69) is 29.8 Å². The van der Waals surface area contributed by atoms with Crippen molar-refractivity contribution in [2.45, 2.75) is 467 Å². The summed E-state index contributed by atoms with van der Waals surface area (Å²) in [7, 11) is 0. The standard InChI is InChI=1S/C86H155N3O37/c1-6-8-10-12-14-16-18-20-21-22-23-24-25-27-29-31-33-35-37-39-58(99)89-50(51(98)38-36-34-32-30-28-26-19-17-15-13-11-9-7-2)46-113-82-71(110)68(107)74(55(43-93)119-82)121-86-73(112)79(76(57(45-95)120-86)122-80-59(87-48(4)96)65(104)62(101)52(40-90)115-80)126-85-72(111)78(64(103)54(42-92)117-85)125-81-60(88-49(5)97)77(124-83-69(108)66(105)61(100)47(3)114-83)75(56(44-94)118-81)123-84-70(109)67(106)63(102)53(41-91)116-84/h36,38,47,50-57,59-86,90-95,98,100-112H,6-35,37,39-46H2,1-5H3,(H,87,96)(H,88,97)(H,89,99)/b38-36+/t47?,50-,51+,52?,53?,54?,55?,56?,57?,59?,60?,61+,62-,63-,64-,65+,66?,67-,68+,69-,70?,71?,72?,73?,74+,75+,76-,77+,78-,79+,80-,81-,82+,83+,84-,85+,86-/m0/s1. The van der Waals surface area contributed by atoms with Gasteiger partial charge in [0.2, 0.25) is 17.7 Å². The molecule has 0 bridgehead atoms. The predicted molar refractivity (Wildman–Crippen MR) is 443 cm³/mol. The van der Waals surface area contributed by atoms with Gasteiger partial charge < -0.3 is 184 Å². The van der Waals surface area contributed by atoms with Gasteiger partial charge in [-0.05, 0) is 26.2 Å². The fraction of sp³-hybridized carbons (Fsp3) is 0.942. The van der Waals surface area contributed by atoms with Gasteiger partial charge in [0.1, 0.15) is 165 Å². The molecule has 0 aromatic heterocycles. The van der Waals surface area contributed by atoms with Crippen LogP contribution in [0.2, 0.25) is 0 Å². The maximum atomic E-state index is 13.7. The van der Waals surface area contributed by atoms with Crippen molar-refractivity contribution in [2.75, 3.05) is 46.2 Å². The first-order chi connectivity index (χ1) is 60.5. The Morgan fingerprint density at radius 3 is 1.15 bits per heavy atom. The van der Waals surface area contributed by atoms with Crippen LogP contribution in [-0.2, 0) is 80.7 Å². The van der Waals surface area contributed by atoms with Gasteiger partial charge in [0.25, 0.3) is 0 Å². The molecule has 7 fully saturated rings. The highest BCUT2D eigenvalue weighted by atomic mass is 16.8. The molecule has 126 heavy (non-hydrogen) atoms. The van der Waals surface area contributed by atoms with Crippen LogP contribution in [0.25, 0.3) is 0 Å². The number of carbonyl (C=O) groups is 3. The molecule has 40 nitrogen and oxygen atoms in total. The van der Waals surface area contributed by atoms with Crippen molar-refractivity contribution in [3.8, 4) is 0 Å². The topological polar surface area (TPSA) is 621 Å². The Kier molecular flexibility index (Phi) is 50.7. The number of hydrogen-bond acceptors (Lipinski definition) is 37. The van der Waals surface area contributed by atoms with E-state index >= 15 is 0 Å². The first-order valence-electron chi connectivity index (χ1n) is 46.3. The second kappa shape index (κ2) is 58.2. The quantitative estimate of drug-likeness (QED) is 0.0231. The number of hydrogen-bond donors (Lipinski definition) is 23. The largest absolute Gasteiger partial charge is 0.394 e. The second-order valence-corrected chi connectivity index (χ2v) is 34.9. The molecule has 23 N–H and O–H groups in total. The summed E-state index contributed by atoms with van der Waals surface area (Å²) in [5, 5.41) is 234. The van der Waals surface area contributed by atoms with E-state index in [1.165, 1.54) is 135 Å². The number of allylic oxidation sites excluding steroid dienone is 1. The smallest absolute Gasteiger partial charge is 0.220 e. The van der Waals surface area contributed by atoms with Crippen LogP contribution in [0.3, 0.4) is 0 Å². The summed E-state index contributed by atoms with van der Waals surface area (Å²) in [4.78, 5) is 39.9. The summed E-state index contributed by atoms with van der Waals surface area (Å²) in [5.41, 5.74) is 0. The summed E-state index contributed by atoms with van der Waals surface area (Å²) < 4.78 is 85.4. The minimum absolute atomic E-state index is 0.133. The van der Waals surface area contributed by atoms with Crippen LogP contribution in [0.1, 0.15) is 240 Å². The Morgan fingerprint density at radius 1 is 0.325 bits per heavy atom. The Labute approximate surface area is 739 Å². The van der Waals surface area contributed by atoms with Gasteiger partial charge in [-0.25, -0.2) is 0 Å². The van der Waals surface area contributed by atoms with Gasteiger partial charge in [-0.1, -0.05) is 206 Å². The monoisotopic (exact) mass is 1820 g/mol. The van der Waals surface area contributed by atoms with Gasteiger partial charge in [-0.3, -0.25) is 14.4 Å². The Balaban J connectivity index is 1.10. The highest BCUT2D eigenvalue weighted by Crippen LogP contribution is 2.40. The van der Waals surface area contributed by atoms with Gasteiger partial charge in [0.05, 0.1) is 64.5 Å². The number of rotatable bonds is 58. The molecule has 14 unspecified atom stereocenters. The van der Waals surface area contributed by atoms with Crippen molar-refractivity contribution >= 4 is 17.7 Å². The molecule has 736 valence electrons. The molecule has 7 rings (SSSR count). The average molecular weight is 1820 g/mol. The number of ether oxygens (including phenoxy) is 14. The number of aliphatic hydroxyl groups is 20. The van der Waals surface area contributed by atoms with Gasteiger partial charge in [-0.2, -0.15) is 0 Å². The molecule has 0 radical (unpaired) electrons. The molecule has 40 heteroatoms. The maximum Gasteiger partial charge on any atom is 0.220 e. The average Bonchev–Trinajstić information content (AvgIpc) is 0.759. The van der Waals surface area contributed by atoms with Crippen LogP contribution in [0.5, 0.6) is 0 Å². The van der Waals surface area contributed by atoms with Crippen molar-refractivity contribution in [1.82, 2.24) is 16.0 Å². The highest BCUT2D eigenvalue weighted by Gasteiger charge is 2.61. The summed E-state index contributed by atoms with van der Waals surface area (Å²) >= 11 is 0. The zero-order valence-electron chi connectivity index (χ0n) is 74.0. The molecule has 0 spiro atoms. The van der Waals surface area contributed by atoms with E-state index < -0.39 is 285 Å². The van der Waals surface area contributed by atoms with Crippen LogP contribution in [0.4, 0.5) is 0 Å². The number of nitrogens with one attached hydrogen (secondary N) is 3. The lowest BCUT2D eigenvalue weighted by atomic mass is 9.93. The molecule has 0 saturated carbocycles. The summed E-state index contributed by atoms with van der Waals surface area (Å²) in [5.74, 6) is -2.15. The molecule has 7 aliphatic heterocycles. The Hall–Kier alpha value is -3.21.